The Balaban J connectivity index is 2.25. The fraction of sp³-hybridized carbons (Fsp3) is 0.462. The highest BCUT2D eigenvalue weighted by molar-refractivity contribution is 6.30. The summed E-state index contributed by atoms with van der Waals surface area (Å²) in [7, 11) is 1.40. The summed E-state index contributed by atoms with van der Waals surface area (Å²) in [4.78, 5) is 11.8. The average Bonchev–Trinajstić information content (AvgIpc) is 2.85. The Labute approximate surface area is 106 Å². The Bertz CT molecular complexity index is 382. The molecule has 0 bridgehead atoms. The third kappa shape index (κ3) is 2.79. The molecule has 1 aliphatic rings. The van der Waals surface area contributed by atoms with Crippen LogP contribution < -0.4 is 0 Å². The molecule has 1 heterocycles. The fourth-order valence-electron chi connectivity index (χ4n) is 2.17. The Morgan fingerprint density at radius 1 is 1.47 bits per heavy atom. The number of carbonyl (C=O) groups is 1. The molecule has 0 N–H and O–H groups in total. The SMILES string of the molecule is COC(=O)[C@H](c1ccc(Cl)cc1)[C@@H]1CCCO1. The molecule has 1 aromatic rings. The first-order valence-electron chi connectivity index (χ1n) is 5.67. The van der Waals surface area contributed by atoms with E-state index in [9.17, 15) is 4.79 Å². The van der Waals surface area contributed by atoms with Crippen molar-refractivity contribution in [2.24, 2.45) is 0 Å². The number of esters is 1. The van der Waals surface area contributed by atoms with Crippen LogP contribution in [0.4, 0.5) is 0 Å². The summed E-state index contributed by atoms with van der Waals surface area (Å²) in [5.74, 6) is -0.598. The van der Waals surface area contributed by atoms with E-state index in [1.165, 1.54) is 7.11 Å². The normalized spacial score (nSPS) is 21.2. The fourth-order valence-corrected chi connectivity index (χ4v) is 2.29. The van der Waals surface area contributed by atoms with Crippen LogP contribution in [0.2, 0.25) is 5.02 Å². The van der Waals surface area contributed by atoms with Crippen molar-refractivity contribution in [1.82, 2.24) is 0 Å². The smallest absolute Gasteiger partial charge is 0.315 e. The minimum Gasteiger partial charge on any atom is -0.468 e. The zero-order valence-corrected chi connectivity index (χ0v) is 10.4. The van der Waals surface area contributed by atoms with E-state index >= 15 is 0 Å². The highest BCUT2D eigenvalue weighted by Gasteiger charge is 2.33. The van der Waals surface area contributed by atoms with Gasteiger partial charge in [-0.15, -0.1) is 0 Å². The molecule has 1 saturated heterocycles. The van der Waals surface area contributed by atoms with Gasteiger partial charge in [-0.05, 0) is 30.5 Å². The van der Waals surface area contributed by atoms with Crippen molar-refractivity contribution < 1.29 is 14.3 Å². The monoisotopic (exact) mass is 254 g/mol. The van der Waals surface area contributed by atoms with Crippen LogP contribution in [-0.2, 0) is 14.3 Å². The molecule has 1 fully saturated rings. The van der Waals surface area contributed by atoms with Crippen molar-refractivity contribution >= 4 is 17.6 Å². The van der Waals surface area contributed by atoms with Crippen LogP contribution in [0.5, 0.6) is 0 Å². The van der Waals surface area contributed by atoms with Crippen LogP contribution in [-0.4, -0.2) is 25.8 Å². The third-order valence-electron chi connectivity index (χ3n) is 3.02. The quantitative estimate of drug-likeness (QED) is 0.778. The number of halogens is 1. The van der Waals surface area contributed by atoms with E-state index in [1.54, 1.807) is 12.1 Å². The molecule has 0 aliphatic carbocycles. The largest absolute Gasteiger partial charge is 0.468 e. The Hall–Kier alpha value is -1.06. The van der Waals surface area contributed by atoms with E-state index in [-0.39, 0.29) is 18.0 Å². The second kappa shape index (κ2) is 5.52. The first-order valence-corrected chi connectivity index (χ1v) is 6.05. The van der Waals surface area contributed by atoms with Gasteiger partial charge in [0, 0.05) is 11.6 Å². The molecule has 4 heteroatoms. The van der Waals surface area contributed by atoms with E-state index in [1.807, 2.05) is 12.1 Å². The van der Waals surface area contributed by atoms with Crippen molar-refractivity contribution in [3.05, 3.63) is 34.9 Å². The molecule has 2 atom stereocenters. The molecular formula is C13H15ClO3. The average molecular weight is 255 g/mol. The van der Waals surface area contributed by atoms with E-state index in [0.29, 0.717) is 11.6 Å². The zero-order valence-electron chi connectivity index (χ0n) is 9.69. The van der Waals surface area contributed by atoms with Gasteiger partial charge in [0.1, 0.15) is 5.92 Å². The van der Waals surface area contributed by atoms with Gasteiger partial charge in [0.25, 0.3) is 0 Å². The summed E-state index contributed by atoms with van der Waals surface area (Å²) in [6.45, 7) is 0.714. The molecule has 92 valence electrons. The second-order valence-corrected chi connectivity index (χ2v) is 4.54. The van der Waals surface area contributed by atoms with Gasteiger partial charge in [-0.2, -0.15) is 0 Å². The van der Waals surface area contributed by atoms with Crippen LogP contribution in [0.25, 0.3) is 0 Å². The van der Waals surface area contributed by atoms with E-state index in [2.05, 4.69) is 0 Å². The molecule has 0 spiro atoms. The molecule has 3 nitrogen and oxygen atoms in total. The van der Waals surface area contributed by atoms with Crippen molar-refractivity contribution in [3.63, 3.8) is 0 Å². The molecule has 17 heavy (non-hydrogen) atoms. The van der Waals surface area contributed by atoms with Gasteiger partial charge in [0.15, 0.2) is 0 Å². The maximum atomic E-state index is 11.8. The molecule has 0 unspecified atom stereocenters. The van der Waals surface area contributed by atoms with Crippen molar-refractivity contribution in [2.45, 2.75) is 24.9 Å². The molecule has 1 aliphatic heterocycles. The van der Waals surface area contributed by atoms with Gasteiger partial charge >= 0.3 is 5.97 Å². The van der Waals surface area contributed by atoms with Crippen molar-refractivity contribution in [1.29, 1.82) is 0 Å². The van der Waals surface area contributed by atoms with Gasteiger partial charge in [0.05, 0.1) is 13.2 Å². The van der Waals surface area contributed by atoms with Gasteiger partial charge in [-0.1, -0.05) is 23.7 Å². The molecule has 0 aromatic heterocycles. The number of hydrogen-bond acceptors (Lipinski definition) is 3. The van der Waals surface area contributed by atoms with Crippen molar-refractivity contribution in [2.75, 3.05) is 13.7 Å². The lowest BCUT2D eigenvalue weighted by Crippen LogP contribution is -2.26. The summed E-state index contributed by atoms with van der Waals surface area (Å²) in [6, 6.07) is 7.26. The standard InChI is InChI=1S/C13H15ClO3/c1-16-13(15)12(11-3-2-8-17-11)9-4-6-10(14)7-5-9/h4-7,11-12H,2-3,8H2,1H3/t11-,12+/m0/s1. The van der Waals surface area contributed by atoms with Gasteiger partial charge in [-0.3, -0.25) is 4.79 Å². The number of hydrogen-bond donors (Lipinski definition) is 0. The lowest BCUT2D eigenvalue weighted by Gasteiger charge is -2.20. The predicted molar refractivity (Wildman–Crippen MR) is 65.2 cm³/mol. The van der Waals surface area contributed by atoms with E-state index in [4.69, 9.17) is 21.1 Å². The Kier molecular flexibility index (Phi) is 4.02. The summed E-state index contributed by atoms with van der Waals surface area (Å²) in [5.41, 5.74) is 0.896. The molecule has 1 aromatic carbocycles. The van der Waals surface area contributed by atoms with E-state index < -0.39 is 0 Å². The third-order valence-corrected chi connectivity index (χ3v) is 3.27. The number of rotatable bonds is 3. The zero-order chi connectivity index (χ0) is 12.3. The van der Waals surface area contributed by atoms with Crippen LogP contribution in [0.1, 0.15) is 24.3 Å². The first-order chi connectivity index (χ1) is 8.22. The Morgan fingerprint density at radius 3 is 2.71 bits per heavy atom. The highest BCUT2D eigenvalue weighted by Crippen LogP contribution is 2.30. The minimum atomic E-state index is -0.347. The molecular weight excluding hydrogens is 240 g/mol. The maximum absolute atomic E-state index is 11.8. The lowest BCUT2D eigenvalue weighted by atomic mass is 9.92. The topological polar surface area (TPSA) is 35.5 Å². The summed E-state index contributed by atoms with van der Waals surface area (Å²) < 4.78 is 10.4. The summed E-state index contributed by atoms with van der Waals surface area (Å²) >= 11 is 5.84. The maximum Gasteiger partial charge on any atom is 0.315 e. The molecule has 0 saturated carbocycles. The van der Waals surface area contributed by atoms with Gasteiger partial charge in [-0.25, -0.2) is 0 Å². The number of methoxy groups -OCH3 is 1. The van der Waals surface area contributed by atoms with Crippen LogP contribution in [0.3, 0.4) is 0 Å². The van der Waals surface area contributed by atoms with Crippen LogP contribution >= 0.6 is 11.6 Å². The highest BCUT2D eigenvalue weighted by atomic mass is 35.5. The lowest BCUT2D eigenvalue weighted by molar-refractivity contribution is -0.145. The number of ether oxygens (including phenoxy) is 2. The molecule has 0 amide bonds. The Morgan fingerprint density at radius 2 is 2.18 bits per heavy atom. The van der Waals surface area contributed by atoms with Crippen LogP contribution in [0, 0.1) is 0 Å². The predicted octanol–water partition coefficient (Wildman–Crippen LogP) is 2.78. The minimum absolute atomic E-state index is 0.0800. The van der Waals surface area contributed by atoms with Gasteiger partial charge < -0.3 is 9.47 Å². The molecule has 0 radical (unpaired) electrons. The summed E-state index contributed by atoms with van der Waals surface area (Å²) in [6.07, 6.45) is 1.80. The second-order valence-electron chi connectivity index (χ2n) is 4.10. The summed E-state index contributed by atoms with van der Waals surface area (Å²) in [5, 5.41) is 0.657. The van der Waals surface area contributed by atoms with Gasteiger partial charge in [0.2, 0.25) is 0 Å². The van der Waals surface area contributed by atoms with E-state index in [0.717, 1.165) is 18.4 Å². The van der Waals surface area contributed by atoms with Crippen LogP contribution in [0.15, 0.2) is 24.3 Å². The number of carbonyl (C=O) groups excluding carboxylic acids is 1. The molecule has 2 rings (SSSR count). The first kappa shape index (κ1) is 12.4. The number of benzene rings is 1. The van der Waals surface area contributed by atoms with Crippen molar-refractivity contribution in [3.8, 4) is 0 Å².